The Morgan fingerprint density at radius 1 is 1.44 bits per heavy atom. The van der Waals surface area contributed by atoms with Crippen LogP contribution in [0, 0.1) is 5.82 Å². The van der Waals surface area contributed by atoms with Crippen molar-refractivity contribution in [1.82, 2.24) is 5.16 Å². The fourth-order valence-corrected chi connectivity index (χ4v) is 1.32. The Morgan fingerprint density at radius 2 is 2.19 bits per heavy atom. The van der Waals surface area contributed by atoms with Gasteiger partial charge in [-0.05, 0) is 6.07 Å². The lowest BCUT2D eigenvalue weighted by molar-refractivity contribution is 0.394. The number of hydrogen-bond donors (Lipinski definition) is 2. The predicted octanol–water partition coefficient (Wildman–Crippen LogP) is 1.78. The van der Waals surface area contributed by atoms with Crippen LogP contribution in [-0.2, 0) is 0 Å². The highest BCUT2D eigenvalue weighted by atomic mass is 19.1. The molecule has 0 saturated heterocycles. The molecule has 0 atom stereocenters. The highest BCUT2D eigenvalue weighted by Gasteiger charge is 2.15. The predicted molar refractivity (Wildman–Crippen MR) is 54.5 cm³/mol. The maximum atomic E-state index is 13.1. The SMILES string of the molecule is COc1cc(F)c(O)cc1-c1cc(N)no1. The molecule has 0 spiro atoms. The molecule has 1 aromatic carbocycles. The van der Waals surface area contributed by atoms with Crippen molar-refractivity contribution >= 4 is 5.82 Å². The number of halogens is 1. The molecule has 1 aromatic heterocycles. The molecule has 0 radical (unpaired) electrons. The summed E-state index contributed by atoms with van der Waals surface area (Å²) in [5, 5.41) is 12.8. The summed E-state index contributed by atoms with van der Waals surface area (Å²) in [6.07, 6.45) is 0. The number of methoxy groups -OCH3 is 1. The number of hydrogen-bond acceptors (Lipinski definition) is 5. The van der Waals surface area contributed by atoms with E-state index in [0.717, 1.165) is 6.07 Å². The molecule has 6 heteroatoms. The van der Waals surface area contributed by atoms with Crippen LogP contribution in [0.25, 0.3) is 11.3 Å². The number of anilines is 1. The third-order valence-corrected chi connectivity index (χ3v) is 2.06. The molecule has 1 heterocycles. The molecular formula is C10H9FN2O3. The van der Waals surface area contributed by atoms with Crippen LogP contribution < -0.4 is 10.5 Å². The molecule has 2 aromatic rings. The van der Waals surface area contributed by atoms with Gasteiger partial charge in [0.15, 0.2) is 23.1 Å². The van der Waals surface area contributed by atoms with Crippen molar-refractivity contribution in [3.8, 4) is 22.8 Å². The van der Waals surface area contributed by atoms with E-state index in [4.69, 9.17) is 15.0 Å². The number of phenolic OH excluding ortho intramolecular Hbond substituents is 1. The number of benzene rings is 1. The molecule has 0 aliphatic heterocycles. The van der Waals surface area contributed by atoms with E-state index in [0.29, 0.717) is 11.3 Å². The summed E-state index contributed by atoms with van der Waals surface area (Å²) in [7, 11) is 1.38. The van der Waals surface area contributed by atoms with Crippen molar-refractivity contribution in [1.29, 1.82) is 0 Å². The molecule has 3 N–H and O–H groups in total. The molecule has 0 aliphatic carbocycles. The lowest BCUT2D eigenvalue weighted by atomic mass is 10.1. The van der Waals surface area contributed by atoms with E-state index in [-0.39, 0.29) is 11.6 Å². The lowest BCUT2D eigenvalue weighted by Gasteiger charge is -2.06. The molecule has 5 nitrogen and oxygen atoms in total. The van der Waals surface area contributed by atoms with Gasteiger partial charge >= 0.3 is 0 Å². The number of nitrogen functional groups attached to an aromatic ring is 1. The van der Waals surface area contributed by atoms with Crippen molar-refractivity contribution < 1.29 is 18.8 Å². The van der Waals surface area contributed by atoms with Crippen LogP contribution in [-0.4, -0.2) is 17.4 Å². The zero-order chi connectivity index (χ0) is 11.7. The highest BCUT2D eigenvalue weighted by Crippen LogP contribution is 2.35. The van der Waals surface area contributed by atoms with Gasteiger partial charge < -0.3 is 20.1 Å². The Labute approximate surface area is 90.2 Å². The number of aromatic nitrogens is 1. The summed E-state index contributed by atoms with van der Waals surface area (Å²) in [6.45, 7) is 0. The molecule has 0 saturated carbocycles. The van der Waals surface area contributed by atoms with E-state index in [1.165, 1.54) is 19.2 Å². The van der Waals surface area contributed by atoms with Crippen molar-refractivity contribution in [2.75, 3.05) is 12.8 Å². The minimum Gasteiger partial charge on any atom is -0.505 e. The summed E-state index contributed by atoms with van der Waals surface area (Å²) in [6, 6.07) is 3.70. The Bertz CT molecular complexity index is 525. The molecule has 16 heavy (non-hydrogen) atoms. The van der Waals surface area contributed by atoms with Gasteiger partial charge in [-0.1, -0.05) is 5.16 Å². The van der Waals surface area contributed by atoms with E-state index in [2.05, 4.69) is 5.16 Å². The van der Waals surface area contributed by atoms with E-state index in [9.17, 15) is 9.50 Å². The monoisotopic (exact) mass is 224 g/mol. The molecule has 84 valence electrons. The molecular weight excluding hydrogens is 215 g/mol. The first kappa shape index (κ1) is 10.3. The normalized spacial score (nSPS) is 10.4. The van der Waals surface area contributed by atoms with Gasteiger partial charge in [0.1, 0.15) is 5.75 Å². The van der Waals surface area contributed by atoms with Crippen LogP contribution in [0.1, 0.15) is 0 Å². The fraction of sp³-hybridized carbons (Fsp3) is 0.100. The Balaban J connectivity index is 2.59. The second-order valence-corrected chi connectivity index (χ2v) is 3.12. The molecule has 0 unspecified atom stereocenters. The third kappa shape index (κ3) is 1.65. The molecule has 0 amide bonds. The fourth-order valence-electron chi connectivity index (χ4n) is 1.32. The largest absolute Gasteiger partial charge is 0.505 e. The van der Waals surface area contributed by atoms with Crippen LogP contribution >= 0.6 is 0 Å². The van der Waals surface area contributed by atoms with E-state index >= 15 is 0 Å². The Morgan fingerprint density at radius 3 is 2.75 bits per heavy atom. The van der Waals surface area contributed by atoms with Crippen molar-refractivity contribution in [2.24, 2.45) is 0 Å². The van der Waals surface area contributed by atoms with Crippen molar-refractivity contribution in [3.63, 3.8) is 0 Å². The zero-order valence-electron chi connectivity index (χ0n) is 8.40. The van der Waals surface area contributed by atoms with Gasteiger partial charge in [0, 0.05) is 12.1 Å². The van der Waals surface area contributed by atoms with Crippen LogP contribution in [0.5, 0.6) is 11.5 Å². The minimum absolute atomic E-state index is 0.195. The quantitative estimate of drug-likeness (QED) is 0.812. The summed E-state index contributed by atoms with van der Waals surface area (Å²) < 4.78 is 22.9. The number of rotatable bonds is 2. The van der Waals surface area contributed by atoms with Gasteiger partial charge in [-0.3, -0.25) is 0 Å². The number of phenols is 1. The maximum Gasteiger partial charge on any atom is 0.172 e. The van der Waals surface area contributed by atoms with Gasteiger partial charge in [-0.25, -0.2) is 4.39 Å². The van der Waals surface area contributed by atoms with Crippen LogP contribution in [0.2, 0.25) is 0 Å². The van der Waals surface area contributed by atoms with Gasteiger partial charge in [0.25, 0.3) is 0 Å². The second kappa shape index (κ2) is 3.73. The molecule has 2 rings (SSSR count). The topological polar surface area (TPSA) is 81.5 Å². The number of ether oxygens (including phenoxy) is 1. The first-order valence-electron chi connectivity index (χ1n) is 4.41. The summed E-state index contributed by atoms with van der Waals surface area (Å²) >= 11 is 0. The van der Waals surface area contributed by atoms with Gasteiger partial charge in [0.2, 0.25) is 0 Å². The average Bonchev–Trinajstić information content (AvgIpc) is 2.68. The first-order chi connectivity index (χ1) is 7.61. The highest BCUT2D eigenvalue weighted by molar-refractivity contribution is 5.69. The summed E-state index contributed by atoms with van der Waals surface area (Å²) in [4.78, 5) is 0. The summed E-state index contributed by atoms with van der Waals surface area (Å²) in [5.74, 6) is -0.546. The standard InChI is InChI=1S/C10H9FN2O3/c1-15-8-3-6(11)7(14)2-5(8)9-4-10(12)13-16-9/h2-4,14H,1H3,(H2,12,13). The lowest BCUT2D eigenvalue weighted by Crippen LogP contribution is -1.89. The molecule has 0 bridgehead atoms. The van der Waals surface area contributed by atoms with Crippen LogP contribution in [0.15, 0.2) is 22.7 Å². The van der Waals surface area contributed by atoms with Crippen molar-refractivity contribution in [3.05, 3.63) is 24.0 Å². The van der Waals surface area contributed by atoms with Crippen molar-refractivity contribution in [2.45, 2.75) is 0 Å². The second-order valence-electron chi connectivity index (χ2n) is 3.12. The van der Waals surface area contributed by atoms with E-state index < -0.39 is 11.6 Å². The third-order valence-electron chi connectivity index (χ3n) is 2.06. The van der Waals surface area contributed by atoms with Gasteiger partial charge in [0.05, 0.1) is 12.7 Å². The van der Waals surface area contributed by atoms with E-state index in [1.54, 1.807) is 0 Å². The number of nitrogens with zero attached hydrogens (tertiary/aromatic N) is 1. The van der Waals surface area contributed by atoms with Gasteiger partial charge in [-0.2, -0.15) is 0 Å². The Kier molecular flexibility index (Phi) is 2.40. The van der Waals surface area contributed by atoms with Crippen LogP contribution in [0.4, 0.5) is 10.2 Å². The molecule has 0 fully saturated rings. The van der Waals surface area contributed by atoms with Gasteiger partial charge in [-0.15, -0.1) is 0 Å². The average molecular weight is 224 g/mol. The minimum atomic E-state index is -0.770. The first-order valence-corrected chi connectivity index (χ1v) is 4.41. The van der Waals surface area contributed by atoms with E-state index in [1.807, 2.05) is 0 Å². The van der Waals surface area contributed by atoms with Crippen LogP contribution in [0.3, 0.4) is 0 Å². The number of aromatic hydroxyl groups is 1. The smallest absolute Gasteiger partial charge is 0.172 e. The maximum absolute atomic E-state index is 13.1. The zero-order valence-corrected chi connectivity index (χ0v) is 8.40. The summed E-state index contributed by atoms with van der Waals surface area (Å²) in [5.41, 5.74) is 5.77. The number of nitrogens with two attached hydrogens (primary N) is 1. The Hall–Kier alpha value is -2.24. The molecule has 0 aliphatic rings.